The fraction of sp³-hybridized carbons (Fsp3) is 0.160. The van der Waals surface area contributed by atoms with Gasteiger partial charge in [-0.3, -0.25) is 19.3 Å². The lowest BCUT2D eigenvalue weighted by atomic mass is 10.0. The van der Waals surface area contributed by atoms with Crippen LogP contribution in [0.2, 0.25) is 0 Å². The summed E-state index contributed by atoms with van der Waals surface area (Å²) in [6.07, 6.45) is -0.161. The van der Waals surface area contributed by atoms with E-state index in [-0.39, 0.29) is 18.2 Å². The van der Waals surface area contributed by atoms with Gasteiger partial charge in [0.15, 0.2) is 0 Å². The van der Waals surface area contributed by atoms with Crippen LogP contribution in [0.1, 0.15) is 27.9 Å². The van der Waals surface area contributed by atoms with Gasteiger partial charge in [0.2, 0.25) is 11.8 Å². The Kier molecular flexibility index (Phi) is 5.54. The molecule has 1 heterocycles. The SMILES string of the molecule is Cc1ccc(NC(=O)C[C@@H]2C(=O)Nc3ccccc3N2C(=O)c2ccc(C)cc2)cc1. The Hall–Kier alpha value is -3.93. The summed E-state index contributed by atoms with van der Waals surface area (Å²) in [4.78, 5) is 40.5. The topological polar surface area (TPSA) is 78.5 Å². The maximum atomic E-state index is 13.4. The molecule has 1 aliphatic rings. The first kappa shape index (κ1) is 20.3. The number of aryl methyl sites for hydroxylation is 2. The molecule has 31 heavy (non-hydrogen) atoms. The normalized spacial score (nSPS) is 15.1. The number of carbonyl (C=O) groups is 3. The molecule has 3 aromatic rings. The molecule has 0 radical (unpaired) electrons. The quantitative estimate of drug-likeness (QED) is 0.669. The van der Waals surface area contributed by atoms with Crippen LogP contribution in [0.15, 0.2) is 72.8 Å². The molecule has 2 N–H and O–H groups in total. The van der Waals surface area contributed by atoms with Gasteiger partial charge in [0.05, 0.1) is 17.8 Å². The van der Waals surface area contributed by atoms with Crippen LogP contribution in [0, 0.1) is 13.8 Å². The number of para-hydroxylation sites is 2. The maximum absolute atomic E-state index is 13.4. The molecule has 6 nitrogen and oxygen atoms in total. The number of anilines is 3. The van der Waals surface area contributed by atoms with E-state index in [2.05, 4.69) is 10.6 Å². The highest BCUT2D eigenvalue weighted by Crippen LogP contribution is 2.34. The monoisotopic (exact) mass is 413 g/mol. The maximum Gasteiger partial charge on any atom is 0.259 e. The largest absolute Gasteiger partial charge is 0.326 e. The van der Waals surface area contributed by atoms with Gasteiger partial charge in [-0.25, -0.2) is 0 Å². The van der Waals surface area contributed by atoms with Crippen molar-refractivity contribution in [2.45, 2.75) is 26.3 Å². The molecule has 0 spiro atoms. The number of hydrogen-bond acceptors (Lipinski definition) is 3. The number of amides is 3. The van der Waals surface area contributed by atoms with Gasteiger partial charge in [-0.1, -0.05) is 47.5 Å². The van der Waals surface area contributed by atoms with Gasteiger partial charge in [0, 0.05) is 11.3 Å². The summed E-state index contributed by atoms with van der Waals surface area (Å²) in [7, 11) is 0. The van der Waals surface area contributed by atoms with Crippen molar-refractivity contribution in [3.8, 4) is 0 Å². The summed E-state index contributed by atoms with van der Waals surface area (Å²) in [5.74, 6) is -1.06. The third-order valence-corrected chi connectivity index (χ3v) is 5.27. The van der Waals surface area contributed by atoms with Crippen molar-refractivity contribution in [3.05, 3.63) is 89.5 Å². The number of hydrogen-bond donors (Lipinski definition) is 2. The standard InChI is InChI=1S/C25H23N3O3/c1-16-7-11-18(12-8-16)25(31)28-21-6-4-3-5-20(21)27-24(30)22(28)15-23(29)26-19-13-9-17(2)10-14-19/h3-14,22H,15H2,1-2H3,(H,26,29)(H,27,30)/t22-/m1/s1. The predicted octanol–water partition coefficient (Wildman–Crippen LogP) is 4.30. The van der Waals surface area contributed by atoms with Crippen LogP contribution < -0.4 is 15.5 Å². The summed E-state index contributed by atoms with van der Waals surface area (Å²) >= 11 is 0. The van der Waals surface area contributed by atoms with Gasteiger partial charge < -0.3 is 10.6 Å². The Balaban J connectivity index is 1.64. The van der Waals surface area contributed by atoms with E-state index in [1.165, 1.54) is 4.90 Å². The fourth-order valence-electron chi connectivity index (χ4n) is 3.59. The molecular weight excluding hydrogens is 390 g/mol. The predicted molar refractivity (Wildman–Crippen MR) is 121 cm³/mol. The first-order chi connectivity index (χ1) is 14.9. The Morgan fingerprint density at radius 2 is 1.52 bits per heavy atom. The molecule has 0 saturated carbocycles. The van der Waals surface area contributed by atoms with E-state index in [0.29, 0.717) is 22.6 Å². The molecule has 0 saturated heterocycles. The number of nitrogens with zero attached hydrogens (tertiary/aromatic N) is 1. The number of rotatable bonds is 4. The zero-order valence-corrected chi connectivity index (χ0v) is 17.4. The second kappa shape index (κ2) is 8.44. The van der Waals surface area contributed by atoms with E-state index >= 15 is 0 Å². The van der Waals surface area contributed by atoms with Gasteiger partial charge in [0.1, 0.15) is 6.04 Å². The van der Waals surface area contributed by atoms with E-state index in [9.17, 15) is 14.4 Å². The van der Waals surface area contributed by atoms with Gasteiger partial charge >= 0.3 is 0 Å². The highest BCUT2D eigenvalue weighted by Gasteiger charge is 2.38. The number of nitrogens with one attached hydrogen (secondary N) is 2. The van der Waals surface area contributed by atoms with Crippen molar-refractivity contribution < 1.29 is 14.4 Å². The molecule has 156 valence electrons. The average Bonchev–Trinajstić information content (AvgIpc) is 2.76. The summed E-state index contributed by atoms with van der Waals surface area (Å²) < 4.78 is 0. The third kappa shape index (κ3) is 4.33. The molecule has 0 fully saturated rings. The third-order valence-electron chi connectivity index (χ3n) is 5.27. The number of carbonyl (C=O) groups excluding carboxylic acids is 3. The lowest BCUT2D eigenvalue weighted by Gasteiger charge is -2.36. The van der Waals surface area contributed by atoms with E-state index in [4.69, 9.17) is 0 Å². The van der Waals surface area contributed by atoms with E-state index in [1.54, 1.807) is 48.5 Å². The Morgan fingerprint density at radius 3 is 2.19 bits per heavy atom. The summed E-state index contributed by atoms with van der Waals surface area (Å²) in [5, 5.41) is 5.63. The van der Waals surface area contributed by atoms with E-state index in [0.717, 1.165) is 11.1 Å². The van der Waals surface area contributed by atoms with Crippen molar-refractivity contribution >= 4 is 34.8 Å². The molecule has 1 aliphatic heterocycles. The van der Waals surface area contributed by atoms with Crippen LogP contribution in [0.25, 0.3) is 0 Å². The van der Waals surface area contributed by atoms with Gasteiger partial charge in [-0.15, -0.1) is 0 Å². The zero-order chi connectivity index (χ0) is 22.0. The molecule has 1 atom stereocenters. The summed E-state index contributed by atoms with van der Waals surface area (Å²) in [6.45, 7) is 3.90. The average molecular weight is 413 g/mol. The van der Waals surface area contributed by atoms with E-state index in [1.807, 2.05) is 38.1 Å². The van der Waals surface area contributed by atoms with E-state index < -0.39 is 11.9 Å². The lowest BCUT2D eigenvalue weighted by molar-refractivity contribution is -0.122. The van der Waals surface area contributed by atoms with Crippen LogP contribution in [-0.2, 0) is 9.59 Å². The van der Waals surface area contributed by atoms with Crippen LogP contribution in [0.4, 0.5) is 17.1 Å². The molecule has 0 bridgehead atoms. The van der Waals surface area contributed by atoms with Crippen LogP contribution >= 0.6 is 0 Å². The first-order valence-electron chi connectivity index (χ1n) is 10.1. The molecular formula is C25H23N3O3. The second-order valence-electron chi connectivity index (χ2n) is 7.68. The molecule has 3 aromatic carbocycles. The van der Waals surface area contributed by atoms with Crippen LogP contribution in [0.5, 0.6) is 0 Å². The molecule has 4 rings (SSSR count). The zero-order valence-electron chi connectivity index (χ0n) is 17.4. The Bertz CT molecular complexity index is 1140. The molecule has 6 heteroatoms. The number of benzene rings is 3. The van der Waals surface area contributed by atoms with Crippen LogP contribution in [-0.4, -0.2) is 23.8 Å². The first-order valence-corrected chi connectivity index (χ1v) is 10.1. The molecule has 3 amide bonds. The highest BCUT2D eigenvalue weighted by molar-refractivity contribution is 6.17. The minimum Gasteiger partial charge on any atom is -0.326 e. The summed E-state index contributed by atoms with van der Waals surface area (Å²) in [5.41, 5.74) is 4.32. The minimum absolute atomic E-state index is 0.161. The van der Waals surface area contributed by atoms with Gasteiger partial charge in [-0.2, -0.15) is 0 Å². The van der Waals surface area contributed by atoms with Gasteiger partial charge in [-0.05, 0) is 50.2 Å². The van der Waals surface area contributed by atoms with Crippen molar-refractivity contribution in [2.24, 2.45) is 0 Å². The Morgan fingerprint density at radius 1 is 0.903 bits per heavy atom. The Labute approximate surface area is 180 Å². The fourth-order valence-corrected chi connectivity index (χ4v) is 3.59. The molecule has 0 unspecified atom stereocenters. The van der Waals surface area contributed by atoms with Crippen molar-refractivity contribution in [1.82, 2.24) is 0 Å². The number of fused-ring (bicyclic) bond motifs is 1. The summed E-state index contributed by atoms with van der Waals surface area (Å²) in [6, 6.07) is 20.7. The smallest absolute Gasteiger partial charge is 0.259 e. The van der Waals surface area contributed by atoms with Crippen molar-refractivity contribution in [2.75, 3.05) is 15.5 Å². The minimum atomic E-state index is -0.964. The molecule has 0 aliphatic carbocycles. The van der Waals surface area contributed by atoms with Crippen LogP contribution in [0.3, 0.4) is 0 Å². The second-order valence-corrected chi connectivity index (χ2v) is 7.68. The highest BCUT2D eigenvalue weighted by atomic mass is 16.2. The molecule has 0 aromatic heterocycles. The van der Waals surface area contributed by atoms with Crippen molar-refractivity contribution in [1.29, 1.82) is 0 Å². The lowest BCUT2D eigenvalue weighted by Crippen LogP contribution is -2.52. The van der Waals surface area contributed by atoms with Gasteiger partial charge in [0.25, 0.3) is 5.91 Å². The van der Waals surface area contributed by atoms with Crippen molar-refractivity contribution in [3.63, 3.8) is 0 Å².